The first kappa shape index (κ1) is 10.6. The van der Waals surface area contributed by atoms with Gasteiger partial charge in [0.05, 0.1) is 6.10 Å². The Morgan fingerprint density at radius 3 is 2.64 bits per heavy atom. The summed E-state index contributed by atoms with van der Waals surface area (Å²) in [6, 6.07) is 0.884. The van der Waals surface area contributed by atoms with Gasteiger partial charge in [0.2, 0.25) is 0 Å². The molecule has 4 unspecified atom stereocenters. The quantitative estimate of drug-likeness (QED) is 0.637. The summed E-state index contributed by atoms with van der Waals surface area (Å²) in [7, 11) is -2.23. The minimum Gasteiger partial charge on any atom is -0.390 e. The Hall–Kier alpha value is 0.0569. The molecule has 5 heteroatoms. The third-order valence-corrected chi connectivity index (χ3v) is 7.34. The van der Waals surface area contributed by atoms with Gasteiger partial charge in [0, 0.05) is 0 Å². The molecule has 14 heavy (non-hydrogen) atoms. The predicted molar refractivity (Wildman–Crippen MR) is 52.9 cm³/mol. The second kappa shape index (κ2) is 3.57. The average molecular weight is 218 g/mol. The Balaban J connectivity index is 2.22. The van der Waals surface area contributed by atoms with Gasteiger partial charge in [-0.05, 0) is 24.4 Å². The molecule has 2 aliphatic rings. The largest absolute Gasteiger partial charge is 0.390 e. The van der Waals surface area contributed by atoms with Gasteiger partial charge in [0.1, 0.15) is 6.10 Å². The van der Waals surface area contributed by atoms with E-state index in [0.29, 0.717) is 12.0 Å². The third-order valence-electron chi connectivity index (χ3n) is 3.22. The van der Waals surface area contributed by atoms with Crippen LogP contribution < -0.4 is 0 Å². The standard InChI is InChI=1S/C9H18O4Si/c1-6(2)14-5-3-4-7(10)8(12-14)9(11)13-14/h6-11H,3-5H2,1-2H3. The summed E-state index contributed by atoms with van der Waals surface area (Å²) in [5.41, 5.74) is 0.326. The van der Waals surface area contributed by atoms with Gasteiger partial charge >= 0.3 is 8.56 Å². The van der Waals surface area contributed by atoms with Crippen molar-refractivity contribution < 1.29 is 19.1 Å². The van der Waals surface area contributed by atoms with Gasteiger partial charge in [0.25, 0.3) is 0 Å². The molecule has 2 aliphatic heterocycles. The van der Waals surface area contributed by atoms with E-state index in [4.69, 9.17) is 8.85 Å². The number of hydrogen-bond donors (Lipinski definition) is 2. The van der Waals surface area contributed by atoms with Gasteiger partial charge in [-0.2, -0.15) is 0 Å². The molecule has 82 valence electrons. The van der Waals surface area contributed by atoms with Crippen LogP contribution in [-0.2, 0) is 8.85 Å². The van der Waals surface area contributed by atoms with Crippen LogP contribution in [0.5, 0.6) is 0 Å². The van der Waals surface area contributed by atoms with Crippen LogP contribution in [-0.4, -0.2) is 37.3 Å². The molecular weight excluding hydrogens is 200 g/mol. The third kappa shape index (κ3) is 1.53. The van der Waals surface area contributed by atoms with Crippen LogP contribution in [0.4, 0.5) is 0 Å². The Labute approximate surface area is 85.1 Å². The van der Waals surface area contributed by atoms with Crippen molar-refractivity contribution in [3.05, 3.63) is 0 Å². The van der Waals surface area contributed by atoms with E-state index >= 15 is 0 Å². The normalized spacial score (nSPS) is 48.2. The van der Waals surface area contributed by atoms with Gasteiger partial charge < -0.3 is 19.1 Å². The lowest BCUT2D eigenvalue weighted by molar-refractivity contribution is -0.0861. The van der Waals surface area contributed by atoms with Crippen LogP contribution in [0.1, 0.15) is 26.7 Å². The SMILES string of the molecule is CC(C)[Si]12CCCC(O)C(O1)C(O)O2. The summed E-state index contributed by atoms with van der Waals surface area (Å²) in [6.07, 6.45) is -0.340. The highest BCUT2D eigenvalue weighted by molar-refractivity contribution is 6.69. The van der Waals surface area contributed by atoms with E-state index in [1.54, 1.807) is 0 Å². The van der Waals surface area contributed by atoms with Crippen molar-refractivity contribution in [2.24, 2.45) is 0 Å². The van der Waals surface area contributed by atoms with Crippen LogP contribution in [0, 0.1) is 0 Å². The molecule has 2 N–H and O–H groups in total. The van der Waals surface area contributed by atoms with E-state index in [0.717, 1.165) is 12.5 Å². The molecule has 4 atom stereocenters. The zero-order valence-electron chi connectivity index (χ0n) is 8.64. The molecule has 2 heterocycles. The number of fused-ring (bicyclic) bond motifs is 2. The predicted octanol–water partition coefficient (Wildman–Crippen LogP) is 0.727. The second-order valence-electron chi connectivity index (χ2n) is 4.52. The van der Waals surface area contributed by atoms with E-state index in [1.165, 1.54) is 0 Å². The van der Waals surface area contributed by atoms with Crippen molar-refractivity contribution in [2.45, 2.75) is 56.8 Å². The van der Waals surface area contributed by atoms with Crippen molar-refractivity contribution in [3.63, 3.8) is 0 Å². The van der Waals surface area contributed by atoms with E-state index in [9.17, 15) is 10.2 Å². The summed E-state index contributed by atoms with van der Waals surface area (Å²) in [5, 5.41) is 19.3. The summed E-state index contributed by atoms with van der Waals surface area (Å²) >= 11 is 0. The fraction of sp³-hybridized carbons (Fsp3) is 1.00. The maximum Gasteiger partial charge on any atom is 0.343 e. The molecule has 0 radical (unpaired) electrons. The van der Waals surface area contributed by atoms with Crippen LogP contribution in [0.2, 0.25) is 11.6 Å². The first-order valence-electron chi connectivity index (χ1n) is 5.27. The van der Waals surface area contributed by atoms with Crippen LogP contribution in [0.15, 0.2) is 0 Å². The van der Waals surface area contributed by atoms with E-state index in [1.807, 2.05) is 0 Å². The highest BCUT2D eigenvalue weighted by atomic mass is 28.4. The maximum absolute atomic E-state index is 9.70. The molecule has 4 nitrogen and oxygen atoms in total. The number of hydrogen-bond acceptors (Lipinski definition) is 4. The number of rotatable bonds is 1. The maximum atomic E-state index is 9.70. The molecule has 0 amide bonds. The number of aliphatic hydroxyl groups excluding tert-OH is 2. The van der Waals surface area contributed by atoms with Gasteiger partial charge in [-0.15, -0.1) is 0 Å². The van der Waals surface area contributed by atoms with Gasteiger partial charge in [-0.25, -0.2) is 0 Å². The Morgan fingerprint density at radius 2 is 2.00 bits per heavy atom. The van der Waals surface area contributed by atoms with Crippen molar-refractivity contribution in [3.8, 4) is 0 Å². The molecule has 0 aliphatic carbocycles. The number of aliphatic hydroxyl groups is 2. The Bertz CT molecular complexity index is 223. The lowest BCUT2D eigenvalue weighted by Gasteiger charge is -2.26. The smallest absolute Gasteiger partial charge is 0.343 e. The molecule has 2 bridgehead atoms. The Kier molecular flexibility index (Phi) is 2.70. The summed E-state index contributed by atoms with van der Waals surface area (Å²) in [4.78, 5) is 0. The lowest BCUT2D eigenvalue weighted by atomic mass is 10.1. The monoisotopic (exact) mass is 218 g/mol. The molecule has 0 saturated carbocycles. The molecule has 2 fully saturated rings. The van der Waals surface area contributed by atoms with Crippen molar-refractivity contribution in [2.75, 3.05) is 0 Å². The van der Waals surface area contributed by atoms with Gasteiger partial charge in [-0.1, -0.05) is 13.8 Å². The van der Waals surface area contributed by atoms with Crippen LogP contribution in [0.25, 0.3) is 0 Å². The van der Waals surface area contributed by atoms with E-state index in [2.05, 4.69) is 13.8 Å². The highest BCUT2D eigenvalue weighted by Crippen LogP contribution is 2.41. The Morgan fingerprint density at radius 1 is 1.29 bits per heavy atom. The zero-order valence-corrected chi connectivity index (χ0v) is 9.64. The minimum atomic E-state index is -2.23. The highest BCUT2D eigenvalue weighted by Gasteiger charge is 2.55. The van der Waals surface area contributed by atoms with E-state index < -0.39 is 27.1 Å². The fourth-order valence-corrected chi connectivity index (χ4v) is 5.64. The van der Waals surface area contributed by atoms with Gasteiger partial charge in [-0.3, -0.25) is 0 Å². The zero-order chi connectivity index (χ0) is 10.3. The summed E-state index contributed by atoms with van der Waals surface area (Å²) in [5.74, 6) is 0. The van der Waals surface area contributed by atoms with Crippen LogP contribution >= 0.6 is 0 Å². The van der Waals surface area contributed by atoms with Crippen molar-refractivity contribution in [1.82, 2.24) is 0 Å². The van der Waals surface area contributed by atoms with Crippen molar-refractivity contribution >= 4 is 8.56 Å². The molecule has 0 aromatic carbocycles. The van der Waals surface area contributed by atoms with Gasteiger partial charge in [0.15, 0.2) is 6.29 Å². The topological polar surface area (TPSA) is 58.9 Å². The molecule has 0 aromatic rings. The molecule has 0 aromatic heterocycles. The first-order chi connectivity index (χ1) is 6.55. The molecule has 2 saturated heterocycles. The summed E-state index contributed by atoms with van der Waals surface area (Å²) in [6.45, 7) is 4.14. The fourth-order valence-electron chi connectivity index (χ4n) is 2.26. The van der Waals surface area contributed by atoms with E-state index in [-0.39, 0.29) is 0 Å². The van der Waals surface area contributed by atoms with Crippen LogP contribution in [0.3, 0.4) is 0 Å². The minimum absolute atomic E-state index is 0.326. The second-order valence-corrected chi connectivity index (χ2v) is 8.27. The average Bonchev–Trinajstić information content (AvgIpc) is 2.34. The molecular formula is C9H18O4Si. The molecule has 2 rings (SSSR count). The molecule has 0 spiro atoms. The summed E-state index contributed by atoms with van der Waals surface area (Å²) < 4.78 is 11.4. The first-order valence-corrected chi connectivity index (χ1v) is 7.37. The van der Waals surface area contributed by atoms with Crippen molar-refractivity contribution in [1.29, 1.82) is 0 Å². The lowest BCUT2D eigenvalue weighted by Crippen LogP contribution is -2.40.